The van der Waals surface area contributed by atoms with Gasteiger partial charge in [-0.25, -0.2) is 9.59 Å². The molecule has 0 spiro atoms. The fraction of sp³-hybridized carbons (Fsp3) is 0.333. The van der Waals surface area contributed by atoms with E-state index < -0.39 is 23.1 Å². The van der Waals surface area contributed by atoms with E-state index in [1.165, 1.54) is 27.5 Å². The highest BCUT2D eigenvalue weighted by atomic mass is 35.5. The summed E-state index contributed by atoms with van der Waals surface area (Å²) in [6, 6.07) is 10.0. The molecule has 0 radical (unpaired) electrons. The first kappa shape index (κ1) is 27.4. The van der Waals surface area contributed by atoms with Crippen LogP contribution in [0.5, 0.6) is 11.6 Å². The zero-order chi connectivity index (χ0) is 27.4. The summed E-state index contributed by atoms with van der Waals surface area (Å²) >= 11 is 6.17. The molecule has 2 aromatic heterocycles. The van der Waals surface area contributed by atoms with Gasteiger partial charge in [0.05, 0.1) is 29.1 Å². The number of rotatable bonds is 10. The van der Waals surface area contributed by atoms with E-state index in [1.807, 2.05) is 6.92 Å². The second-order valence-corrected chi connectivity index (χ2v) is 9.21. The smallest absolute Gasteiger partial charge is 0.417 e. The van der Waals surface area contributed by atoms with E-state index in [9.17, 15) is 27.9 Å². The van der Waals surface area contributed by atoms with Gasteiger partial charge in [0.25, 0.3) is 0 Å². The van der Waals surface area contributed by atoms with Gasteiger partial charge < -0.3 is 14.3 Å². The summed E-state index contributed by atoms with van der Waals surface area (Å²) < 4.78 is 54.0. The number of benzene rings is 2. The quantitative estimate of drug-likeness (QED) is 0.184. The van der Waals surface area contributed by atoms with Crippen molar-refractivity contribution in [2.45, 2.75) is 51.7 Å². The third kappa shape index (κ3) is 5.75. The van der Waals surface area contributed by atoms with Crippen LogP contribution in [-0.4, -0.2) is 20.8 Å². The zero-order valence-corrected chi connectivity index (χ0v) is 21.3. The number of aromatic nitrogens is 2. The number of fused-ring (bicyclic) bond motifs is 1. The molecule has 0 bridgehead atoms. The van der Waals surface area contributed by atoms with Crippen LogP contribution in [0, 0.1) is 0 Å². The first-order chi connectivity index (χ1) is 18.1. The van der Waals surface area contributed by atoms with Gasteiger partial charge in [-0.2, -0.15) is 13.2 Å². The molecule has 38 heavy (non-hydrogen) atoms. The first-order valence-electron chi connectivity index (χ1n) is 12.2. The number of alkyl halides is 3. The van der Waals surface area contributed by atoms with E-state index in [4.69, 9.17) is 20.8 Å². The number of nitrogens with zero attached hydrogens (tertiary/aromatic N) is 2. The van der Waals surface area contributed by atoms with E-state index in [-0.39, 0.29) is 30.0 Å². The van der Waals surface area contributed by atoms with E-state index in [1.54, 1.807) is 24.3 Å². The van der Waals surface area contributed by atoms with Crippen molar-refractivity contribution in [2.24, 2.45) is 0 Å². The Morgan fingerprint density at radius 2 is 1.84 bits per heavy atom. The lowest BCUT2D eigenvalue weighted by Gasteiger charge is -2.15. The lowest BCUT2D eigenvalue weighted by molar-refractivity contribution is -0.136. The van der Waals surface area contributed by atoms with Crippen LogP contribution in [0.4, 0.5) is 13.2 Å². The molecule has 11 heteroatoms. The standard InChI is InChI=1S/C27H26ClF3N2O5/c1-2-8-18-22(12-11-17-19(27(29,30)31)15-24(35)38-25(17)18)37-14-7-3-6-13-32-23(34)16-33(26(32)36)21-10-5-4-9-20(21)28/h4-5,9-12,15-16,34H,2-3,6-8,13-14H2,1H3. The minimum Gasteiger partial charge on any atom is -0.493 e. The topological polar surface area (TPSA) is 86.6 Å². The van der Waals surface area contributed by atoms with Crippen LogP contribution in [0.1, 0.15) is 43.7 Å². The van der Waals surface area contributed by atoms with Gasteiger partial charge in [-0.05, 0) is 49.9 Å². The number of halogens is 4. The molecule has 0 amide bonds. The summed E-state index contributed by atoms with van der Waals surface area (Å²) in [6.07, 6.45) is -0.547. The molecular weight excluding hydrogens is 525 g/mol. The Hall–Kier alpha value is -3.66. The molecule has 0 fully saturated rings. The van der Waals surface area contributed by atoms with Gasteiger partial charge in [0.1, 0.15) is 11.3 Å². The zero-order valence-electron chi connectivity index (χ0n) is 20.6. The van der Waals surface area contributed by atoms with Gasteiger partial charge in [-0.1, -0.05) is 37.1 Å². The highest BCUT2D eigenvalue weighted by molar-refractivity contribution is 6.32. The van der Waals surface area contributed by atoms with Crippen LogP contribution in [0.3, 0.4) is 0 Å². The third-order valence-corrected chi connectivity index (χ3v) is 6.45. The van der Waals surface area contributed by atoms with Crippen molar-refractivity contribution in [3.8, 4) is 17.3 Å². The molecule has 4 rings (SSSR count). The van der Waals surface area contributed by atoms with E-state index in [0.29, 0.717) is 60.2 Å². The minimum absolute atomic E-state index is 0.109. The molecule has 0 saturated heterocycles. The van der Waals surface area contributed by atoms with Crippen LogP contribution in [0.15, 0.2) is 62.7 Å². The average Bonchev–Trinajstić information content (AvgIpc) is 3.14. The van der Waals surface area contributed by atoms with Crippen LogP contribution >= 0.6 is 11.6 Å². The molecule has 0 aliphatic carbocycles. The number of ether oxygens (including phenoxy) is 1. The Labute approximate surface area is 220 Å². The van der Waals surface area contributed by atoms with Crippen molar-refractivity contribution < 1.29 is 27.4 Å². The highest BCUT2D eigenvalue weighted by Gasteiger charge is 2.34. The summed E-state index contributed by atoms with van der Waals surface area (Å²) in [5.41, 5.74) is -1.73. The first-order valence-corrected chi connectivity index (χ1v) is 12.6. The number of hydrogen-bond donors (Lipinski definition) is 1. The Bertz CT molecular complexity index is 1560. The van der Waals surface area contributed by atoms with Crippen LogP contribution in [-0.2, 0) is 19.1 Å². The van der Waals surface area contributed by atoms with Crippen molar-refractivity contribution in [2.75, 3.05) is 6.61 Å². The normalized spacial score (nSPS) is 11.8. The monoisotopic (exact) mass is 550 g/mol. The second kappa shape index (κ2) is 11.4. The average molecular weight is 551 g/mol. The second-order valence-electron chi connectivity index (χ2n) is 8.80. The SMILES string of the molecule is CCCc1c(OCCCCCn2c(O)cn(-c3ccccc3Cl)c2=O)ccc2c(C(F)(F)F)cc(=O)oc12. The molecule has 0 aliphatic heterocycles. The Morgan fingerprint density at radius 3 is 2.55 bits per heavy atom. The van der Waals surface area contributed by atoms with Crippen LogP contribution in [0.25, 0.3) is 16.7 Å². The van der Waals surface area contributed by atoms with E-state index in [2.05, 4.69) is 0 Å². The molecule has 2 aromatic carbocycles. The minimum atomic E-state index is -4.69. The molecule has 0 saturated carbocycles. The maximum Gasteiger partial charge on any atom is 0.417 e. The Kier molecular flexibility index (Phi) is 8.20. The number of para-hydroxylation sites is 1. The van der Waals surface area contributed by atoms with Gasteiger partial charge in [-0.3, -0.25) is 9.13 Å². The van der Waals surface area contributed by atoms with Gasteiger partial charge in [0, 0.05) is 23.6 Å². The number of imidazole rings is 1. The fourth-order valence-corrected chi connectivity index (χ4v) is 4.58. The van der Waals surface area contributed by atoms with Gasteiger partial charge in [0.2, 0.25) is 5.88 Å². The van der Waals surface area contributed by atoms with Crippen LogP contribution in [0.2, 0.25) is 5.02 Å². The molecule has 202 valence electrons. The lowest BCUT2D eigenvalue weighted by Crippen LogP contribution is -2.23. The summed E-state index contributed by atoms with van der Waals surface area (Å²) in [4.78, 5) is 24.6. The van der Waals surface area contributed by atoms with Crippen LogP contribution < -0.4 is 16.1 Å². The van der Waals surface area contributed by atoms with E-state index >= 15 is 0 Å². The van der Waals surface area contributed by atoms with Gasteiger partial charge in [0.15, 0.2) is 0 Å². The lowest BCUT2D eigenvalue weighted by atomic mass is 10.0. The molecule has 1 N–H and O–H groups in total. The number of aryl methyl sites for hydroxylation is 1. The Morgan fingerprint density at radius 1 is 1.08 bits per heavy atom. The molecule has 4 aromatic rings. The van der Waals surface area contributed by atoms with Gasteiger partial charge >= 0.3 is 17.5 Å². The van der Waals surface area contributed by atoms with E-state index in [0.717, 1.165) is 0 Å². The molecule has 2 heterocycles. The highest BCUT2D eigenvalue weighted by Crippen LogP contribution is 2.37. The molecular formula is C27H26ClF3N2O5. The predicted octanol–water partition coefficient (Wildman–Crippen LogP) is 6.33. The fourth-order valence-electron chi connectivity index (χ4n) is 4.35. The number of aromatic hydroxyl groups is 1. The van der Waals surface area contributed by atoms with Crippen molar-refractivity contribution in [1.29, 1.82) is 0 Å². The summed E-state index contributed by atoms with van der Waals surface area (Å²) in [6.45, 7) is 2.42. The maximum absolute atomic E-state index is 13.5. The Balaban J connectivity index is 1.40. The van der Waals surface area contributed by atoms with Crippen molar-refractivity contribution >= 4 is 22.6 Å². The summed E-state index contributed by atoms with van der Waals surface area (Å²) in [7, 11) is 0. The summed E-state index contributed by atoms with van der Waals surface area (Å²) in [5, 5.41) is 10.4. The summed E-state index contributed by atoms with van der Waals surface area (Å²) in [5.74, 6) is 0.193. The van der Waals surface area contributed by atoms with Crippen molar-refractivity contribution in [1.82, 2.24) is 9.13 Å². The maximum atomic E-state index is 13.5. The molecule has 0 atom stereocenters. The van der Waals surface area contributed by atoms with Gasteiger partial charge in [-0.15, -0.1) is 0 Å². The number of hydrogen-bond acceptors (Lipinski definition) is 5. The predicted molar refractivity (Wildman–Crippen MR) is 138 cm³/mol. The molecule has 7 nitrogen and oxygen atoms in total. The van der Waals surface area contributed by atoms with Crippen molar-refractivity contribution in [3.05, 3.63) is 85.7 Å². The molecule has 0 unspecified atom stereocenters. The number of unbranched alkanes of at least 4 members (excludes halogenated alkanes) is 2. The molecule has 0 aliphatic rings. The third-order valence-electron chi connectivity index (χ3n) is 6.13. The largest absolute Gasteiger partial charge is 0.493 e. The van der Waals surface area contributed by atoms with Crippen molar-refractivity contribution in [3.63, 3.8) is 0 Å².